The molecular weight excluding hydrogens is 234 g/mol. The molecule has 0 saturated heterocycles. The van der Waals surface area contributed by atoms with Crippen molar-refractivity contribution in [3.8, 4) is 0 Å². The van der Waals surface area contributed by atoms with E-state index < -0.39 is 0 Å². The van der Waals surface area contributed by atoms with Crippen molar-refractivity contribution in [2.75, 3.05) is 18.5 Å². The Balaban J connectivity index is 2.70. The molecule has 0 aliphatic rings. The van der Waals surface area contributed by atoms with Gasteiger partial charge in [-0.1, -0.05) is 20.3 Å². The molecule has 3 heteroatoms. The lowest BCUT2D eigenvalue weighted by Crippen LogP contribution is -2.30. The van der Waals surface area contributed by atoms with Crippen molar-refractivity contribution in [3.05, 3.63) is 23.4 Å². The van der Waals surface area contributed by atoms with Gasteiger partial charge < -0.3 is 10.2 Å². The zero-order valence-electron chi connectivity index (χ0n) is 13.2. The van der Waals surface area contributed by atoms with Gasteiger partial charge in [-0.2, -0.15) is 0 Å². The Hall–Kier alpha value is -1.09. The first kappa shape index (κ1) is 16.0. The first-order chi connectivity index (χ1) is 9.10. The molecule has 0 aromatic carbocycles. The van der Waals surface area contributed by atoms with Crippen LogP contribution in [0, 0.1) is 6.92 Å². The summed E-state index contributed by atoms with van der Waals surface area (Å²) in [5.41, 5.74) is 2.53. The molecule has 0 bridgehead atoms. The van der Waals surface area contributed by atoms with Gasteiger partial charge in [-0.05, 0) is 50.4 Å². The third-order valence-corrected chi connectivity index (χ3v) is 3.56. The van der Waals surface area contributed by atoms with Crippen LogP contribution in [0.3, 0.4) is 0 Å². The van der Waals surface area contributed by atoms with Crippen LogP contribution in [0.5, 0.6) is 0 Å². The first-order valence-corrected chi connectivity index (χ1v) is 7.49. The Morgan fingerprint density at radius 2 is 2.05 bits per heavy atom. The van der Waals surface area contributed by atoms with Crippen molar-refractivity contribution >= 4 is 5.82 Å². The van der Waals surface area contributed by atoms with Gasteiger partial charge in [0.1, 0.15) is 5.82 Å². The second kappa shape index (κ2) is 8.16. The minimum atomic E-state index is 0.542. The number of rotatable bonds is 8. The second-order valence-electron chi connectivity index (χ2n) is 5.41. The highest BCUT2D eigenvalue weighted by Gasteiger charge is 2.12. The topological polar surface area (TPSA) is 28.2 Å². The number of pyridine rings is 1. The largest absolute Gasteiger partial charge is 0.357 e. The quantitative estimate of drug-likeness (QED) is 0.727. The van der Waals surface area contributed by atoms with Crippen LogP contribution < -0.4 is 10.2 Å². The van der Waals surface area contributed by atoms with Crippen molar-refractivity contribution in [2.45, 2.75) is 59.5 Å². The highest BCUT2D eigenvalue weighted by atomic mass is 15.2. The lowest BCUT2D eigenvalue weighted by atomic mass is 10.1. The average molecular weight is 263 g/mol. The zero-order chi connectivity index (χ0) is 14.3. The summed E-state index contributed by atoms with van der Waals surface area (Å²) in [5.74, 6) is 1.11. The Morgan fingerprint density at radius 3 is 2.63 bits per heavy atom. The summed E-state index contributed by atoms with van der Waals surface area (Å²) in [4.78, 5) is 6.94. The molecule has 1 heterocycles. The molecule has 0 aliphatic carbocycles. The SMILES string of the molecule is CCCNCc1cnc(N(C)C(C)CCC)c(C)c1. The van der Waals surface area contributed by atoms with Crippen LogP contribution in [0.25, 0.3) is 0 Å². The fourth-order valence-corrected chi connectivity index (χ4v) is 2.32. The summed E-state index contributed by atoms with van der Waals surface area (Å²) >= 11 is 0. The van der Waals surface area contributed by atoms with E-state index in [1.807, 2.05) is 6.20 Å². The number of hydrogen-bond donors (Lipinski definition) is 1. The minimum absolute atomic E-state index is 0.542. The van der Waals surface area contributed by atoms with Crippen molar-refractivity contribution in [1.82, 2.24) is 10.3 Å². The molecule has 0 amide bonds. The Morgan fingerprint density at radius 1 is 1.32 bits per heavy atom. The zero-order valence-corrected chi connectivity index (χ0v) is 13.2. The molecule has 0 spiro atoms. The molecule has 1 rings (SSSR count). The third-order valence-electron chi connectivity index (χ3n) is 3.56. The number of nitrogens with zero attached hydrogens (tertiary/aromatic N) is 2. The van der Waals surface area contributed by atoms with E-state index in [2.05, 4.69) is 56.0 Å². The summed E-state index contributed by atoms with van der Waals surface area (Å²) in [7, 11) is 2.14. The van der Waals surface area contributed by atoms with Gasteiger partial charge in [0.25, 0.3) is 0 Å². The highest BCUT2D eigenvalue weighted by molar-refractivity contribution is 5.47. The normalized spacial score (nSPS) is 12.5. The molecule has 19 heavy (non-hydrogen) atoms. The molecule has 1 aromatic rings. The smallest absolute Gasteiger partial charge is 0.131 e. The summed E-state index contributed by atoms with van der Waals surface area (Å²) in [5, 5.41) is 3.42. The number of aryl methyl sites for hydroxylation is 1. The van der Waals surface area contributed by atoms with Crippen molar-refractivity contribution in [1.29, 1.82) is 0 Å². The van der Waals surface area contributed by atoms with Crippen LogP contribution in [-0.4, -0.2) is 24.6 Å². The fraction of sp³-hybridized carbons (Fsp3) is 0.688. The molecule has 1 unspecified atom stereocenters. The summed E-state index contributed by atoms with van der Waals surface area (Å²) < 4.78 is 0. The third kappa shape index (κ3) is 4.83. The Kier molecular flexibility index (Phi) is 6.85. The van der Waals surface area contributed by atoms with E-state index in [9.17, 15) is 0 Å². The summed E-state index contributed by atoms with van der Waals surface area (Å²) in [6.07, 6.45) is 5.59. The molecule has 0 aliphatic heterocycles. The molecule has 0 fully saturated rings. The maximum absolute atomic E-state index is 4.65. The van der Waals surface area contributed by atoms with Crippen molar-refractivity contribution in [3.63, 3.8) is 0 Å². The van der Waals surface area contributed by atoms with E-state index in [1.165, 1.54) is 30.4 Å². The van der Waals surface area contributed by atoms with Gasteiger partial charge in [0.05, 0.1) is 0 Å². The van der Waals surface area contributed by atoms with Gasteiger partial charge in [0.15, 0.2) is 0 Å². The monoisotopic (exact) mass is 263 g/mol. The van der Waals surface area contributed by atoms with E-state index in [4.69, 9.17) is 0 Å². The fourth-order valence-electron chi connectivity index (χ4n) is 2.32. The van der Waals surface area contributed by atoms with Gasteiger partial charge in [0, 0.05) is 25.8 Å². The van der Waals surface area contributed by atoms with Gasteiger partial charge in [0.2, 0.25) is 0 Å². The first-order valence-electron chi connectivity index (χ1n) is 7.49. The predicted molar refractivity (Wildman–Crippen MR) is 83.7 cm³/mol. The molecule has 0 saturated carbocycles. The standard InChI is InChI=1S/C16H29N3/c1-6-8-14(4)19(5)16-13(3)10-15(12-18-16)11-17-9-7-2/h10,12,14,17H,6-9,11H2,1-5H3. The predicted octanol–water partition coefficient (Wildman–Crippen LogP) is 3.51. The molecule has 1 atom stereocenters. The van der Waals surface area contributed by atoms with E-state index in [0.29, 0.717) is 6.04 Å². The van der Waals surface area contributed by atoms with Crippen LogP contribution >= 0.6 is 0 Å². The van der Waals surface area contributed by atoms with E-state index in [0.717, 1.165) is 18.9 Å². The van der Waals surface area contributed by atoms with E-state index >= 15 is 0 Å². The highest BCUT2D eigenvalue weighted by Crippen LogP contribution is 2.20. The van der Waals surface area contributed by atoms with Gasteiger partial charge in [-0.25, -0.2) is 4.98 Å². The van der Waals surface area contributed by atoms with Crippen molar-refractivity contribution in [2.24, 2.45) is 0 Å². The second-order valence-corrected chi connectivity index (χ2v) is 5.41. The lowest BCUT2D eigenvalue weighted by Gasteiger charge is -2.27. The number of nitrogens with one attached hydrogen (secondary N) is 1. The Labute approximate surface area is 118 Å². The molecule has 108 valence electrons. The van der Waals surface area contributed by atoms with Crippen LogP contribution in [0.2, 0.25) is 0 Å². The van der Waals surface area contributed by atoms with Crippen LogP contribution in [0.4, 0.5) is 5.82 Å². The molecule has 0 radical (unpaired) electrons. The number of aromatic nitrogens is 1. The van der Waals surface area contributed by atoms with Crippen LogP contribution in [-0.2, 0) is 6.54 Å². The molecule has 1 N–H and O–H groups in total. The van der Waals surface area contributed by atoms with Crippen LogP contribution in [0.15, 0.2) is 12.3 Å². The lowest BCUT2D eigenvalue weighted by molar-refractivity contribution is 0.609. The van der Waals surface area contributed by atoms with Crippen molar-refractivity contribution < 1.29 is 0 Å². The minimum Gasteiger partial charge on any atom is -0.357 e. The maximum atomic E-state index is 4.65. The number of anilines is 1. The molecule has 3 nitrogen and oxygen atoms in total. The van der Waals surface area contributed by atoms with Gasteiger partial charge >= 0.3 is 0 Å². The van der Waals surface area contributed by atoms with Crippen LogP contribution in [0.1, 0.15) is 51.2 Å². The Bertz CT molecular complexity index is 376. The molecule has 1 aromatic heterocycles. The van der Waals surface area contributed by atoms with E-state index in [1.54, 1.807) is 0 Å². The number of hydrogen-bond acceptors (Lipinski definition) is 3. The summed E-state index contributed by atoms with van der Waals surface area (Å²) in [6.45, 7) is 10.8. The van der Waals surface area contributed by atoms with E-state index in [-0.39, 0.29) is 0 Å². The summed E-state index contributed by atoms with van der Waals surface area (Å²) in [6, 6.07) is 2.79. The van der Waals surface area contributed by atoms with Gasteiger partial charge in [-0.3, -0.25) is 0 Å². The maximum Gasteiger partial charge on any atom is 0.131 e. The van der Waals surface area contributed by atoms with Gasteiger partial charge in [-0.15, -0.1) is 0 Å². The molecular formula is C16H29N3. The average Bonchev–Trinajstić information content (AvgIpc) is 2.39.